The lowest BCUT2D eigenvalue weighted by Crippen LogP contribution is -2.67. The van der Waals surface area contributed by atoms with Gasteiger partial charge in [0.05, 0.1) is 12.1 Å². The van der Waals surface area contributed by atoms with E-state index in [9.17, 15) is 18.7 Å². The molecule has 1 aliphatic heterocycles. The van der Waals surface area contributed by atoms with Gasteiger partial charge < -0.3 is 15.7 Å². The summed E-state index contributed by atoms with van der Waals surface area (Å²) in [5.41, 5.74) is 6.16. The Balaban J connectivity index is 1.56. The van der Waals surface area contributed by atoms with Crippen LogP contribution in [0.3, 0.4) is 0 Å². The minimum atomic E-state index is -0.827. The Hall–Kier alpha value is -1.53. The summed E-state index contributed by atoms with van der Waals surface area (Å²) in [6.07, 6.45) is 1.28. The summed E-state index contributed by atoms with van der Waals surface area (Å²) in [6, 6.07) is 2.44. The number of carbonyl (C=O) groups is 1. The van der Waals surface area contributed by atoms with Crippen LogP contribution in [0.5, 0.6) is 0 Å². The minimum absolute atomic E-state index is 0.0527. The highest BCUT2D eigenvalue weighted by Gasteiger charge is 2.53. The number of nitrogens with two attached hydrogens (primary N) is 1. The topological polar surface area (TPSA) is 66.6 Å². The van der Waals surface area contributed by atoms with E-state index in [2.05, 4.69) is 0 Å². The van der Waals surface area contributed by atoms with Crippen molar-refractivity contribution in [3.05, 3.63) is 35.4 Å². The van der Waals surface area contributed by atoms with Gasteiger partial charge in [-0.25, -0.2) is 8.78 Å². The van der Waals surface area contributed by atoms with E-state index in [4.69, 9.17) is 5.73 Å². The van der Waals surface area contributed by atoms with Gasteiger partial charge in [-0.05, 0) is 30.9 Å². The molecular weight excluding hydrogens is 278 g/mol. The zero-order valence-electron chi connectivity index (χ0n) is 11.6. The number of aliphatic hydroxyl groups excluding tert-OH is 1. The predicted molar refractivity (Wildman–Crippen MR) is 72.3 cm³/mol. The van der Waals surface area contributed by atoms with E-state index in [0.29, 0.717) is 13.1 Å². The van der Waals surface area contributed by atoms with Crippen LogP contribution in [0.2, 0.25) is 0 Å². The molecule has 2 aliphatic rings. The van der Waals surface area contributed by atoms with Gasteiger partial charge in [0.25, 0.3) is 0 Å². The summed E-state index contributed by atoms with van der Waals surface area (Å²) in [5.74, 6) is -1.55. The highest BCUT2D eigenvalue weighted by molar-refractivity contribution is 5.83. The van der Waals surface area contributed by atoms with E-state index in [-0.39, 0.29) is 29.4 Å². The molecule has 3 rings (SSSR count). The lowest BCUT2D eigenvalue weighted by atomic mass is 9.62. The van der Waals surface area contributed by atoms with Gasteiger partial charge in [0.2, 0.25) is 5.91 Å². The van der Waals surface area contributed by atoms with E-state index < -0.39 is 17.7 Å². The molecule has 0 radical (unpaired) electrons. The predicted octanol–water partition coefficient (Wildman–Crippen LogP) is 0.818. The SMILES string of the molecule is NC(Cc1ccc(F)cc1F)C(=O)N1CC2(CC(O)C2)C1. The first-order valence-corrected chi connectivity index (χ1v) is 7.05. The monoisotopic (exact) mass is 296 g/mol. The second-order valence-corrected chi connectivity index (χ2v) is 6.30. The Labute approximate surface area is 121 Å². The number of benzene rings is 1. The van der Waals surface area contributed by atoms with Gasteiger partial charge in [-0.3, -0.25) is 4.79 Å². The molecule has 1 saturated heterocycles. The van der Waals surface area contributed by atoms with Gasteiger partial charge in [0.1, 0.15) is 11.6 Å². The molecule has 1 aromatic rings. The van der Waals surface area contributed by atoms with E-state index in [1.165, 1.54) is 6.07 Å². The Morgan fingerprint density at radius 3 is 2.67 bits per heavy atom. The summed E-state index contributed by atoms with van der Waals surface area (Å²) < 4.78 is 26.4. The molecule has 1 unspecified atom stereocenters. The minimum Gasteiger partial charge on any atom is -0.393 e. The Bertz CT molecular complexity index is 565. The fraction of sp³-hybridized carbons (Fsp3) is 0.533. The Kier molecular flexibility index (Phi) is 3.45. The van der Waals surface area contributed by atoms with Crippen LogP contribution >= 0.6 is 0 Å². The fourth-order valence-corrected chi connectivity index (χ4v) is 3.36. The molecule has 0 bridgehead atoms. The molecule has 0 aromatic heterocycles. The summed E-state index contributed by atoms with van der Waals surface area (Å²) in [5, 5.41) is 9.33. The van der Waals surface area contributed by atoms with Crippen LogP contribution in [0.25, 0.3) is 0 Å². The maximum absolute atomic E-state index is 13.6. The second-order valence-electron chi connectivity index (χ2n) is 6.30. The average molecular weight is 296 g/mol. The van der Waals surface area contributed by atoms with Gasteiger partial charge in [0.15, 0.2) is 0 Å². The Morgan fingerprint density at radius 2 is 2.10 bits per heavy atom. The first-order chi connectivity index (χ1) is 9.88. The van der Waals surface area contributed by atoms with E-state index in [1.54, 1.807) is 4.90 Å². The van der Waals surface area contributed by atoms with Crippen molar-refractivity contribution in [2.24, 2.45) is 11.1 Å². The molecule has 2 fully saturated rings. The molecule has 1 heterocycles. The molecule has 1 spiro atoms. The molecule has 1 amide bonds. The third-order valence-corrected chi connectivity index (χ3v) is 4.47. The second kappa shape index (κ2) is 5.03. The van der Waals surface area contributed by atoms with Crippen molar-refractivity contribution in [3.63, 3.8) is 0 Å². The average Bonchev–Trinajstić information content (AvgIpc) is 2.34. The standard InChI is InChI=1S/C15H18F2N2O2/c16-10-2-1-9(12(17)4-10)3-13(18)14(21)19-7-15(8-19)5-11(20)6-15/h1-2,4,11,13,20H,3,5-8,18H2. The summed E-state index contributed by atoms with van der Waals surface area (Å²) in [6.45, 7) is 1.23. The van der Waals surface area contributed by atoms with E-state index in [0.717, 1.165) is 25.0 Å². The largest absolute Gasteiger partial charge is 0.393 e. The van der Waals surface area contributed by atoms with Gasteiger partial charge in [0, 0.05) is 24.6 Å². The molecule has 1 aromatic carbocycles. The molecule has 1 aliphatic carbocycles. The highest BCUT2D eigenvalue weighted by Crippen LogP contribution is 2.48. The molecule has 1 saturated carbocycles. The number of carbonyl (C=O) groups excluding carboxylic acids is 1. The van der Waals surface area contributed by atoms with Crippen molar-refractivity contribution in [2.75, 3.05) is 13.1 Å². The van der Waals surface area contributed by atoms with E-state index >= 15 is 0 Å². The summed E-state index contributed by atoms with van der Waals surface area (Å²) >= 11 is 0. The zero-order valence-corrected chi connectivity index (χ0v) is 11.6. The first-order valence-electron chi connectivity index (χ1n) is 7.05. The molecule has 114 valence electrons. The van der Waals surface area contributed by atoms with Gasteiger partial charge in [-0.2, -0.15) is 0 Å². The molecule has 4 nitrogen and oxygen atoms in total. The zero-order chi connectivity index (χ0) is 15.2. The van der Waals surface area contributed by atoms with Crippen molar-refractivity contribution >= 4 is 5.91 Å². The lowest BCUT2D eigenvalue weighted by Gasteiger charge is -2.58. The van der Waals surface area contributed by atoms with Crippen molar-refractivity contribution in [2.45, 2.75) is 31.4 Å². The van der Waals surface area contributed by atoms with Crippen molar-refractivity contribution in [1.29, 1.82) is 0 Å². The highest BCUT2D eigenvalue weighted by atomic mass is 19.1. The summed E-state index contributed by atoms with van der Waals surface area (Å²) in [4.78, 5) is 13.8. The number of nitrogens with zero attached hydrogens (tertiary/aromatic N) is 1. The smallest absolute Gasteiger partial charge is 0.239 e. The van der Waals surface area contributed by atoms with Crippen molar-refractivity contribution in [3.8, 4) is 0 Å². The first kappa shape index (κ1) is 14.4. The van der Waals surface area contributed by atoms with Crippen LogP contribution in [0.15, 0.2) is 18.2 Å². The fourth-order valence-electron chi connectivity index (χ4n) is 3.36. The lowest BCUT2D eigenvalue weighted by molar-refractivity contribution is -0.164. The third kappa shape index (κ3) is 2.65. The number of rotatable bonds is 3. The molecule has 6 heteroatoms. The van der Waals surface area contributed by atoms with Crippen LogP contribution in [0, 0.1) is 17.0 Å². The number of halogens is 2. The van der Waals surface area contributed by atoms with Crippen molar-refractivity contribution < 1.29 is 18.7 Å². The molecule has 3 N–H and O–H groups in total. The Morgan fingerprint density at radius 1 is 1.43 bits per heavy atom. The molecule has 21 heavy (non-hydrogen) atoms. The van der Waals surface area contributed by atoms with Gasteiger partial charge >= 0.3 is 0 Å². The maximum Gasteiger partial charge on any atom is 0.239 e. The number of hydrogen-bond acceptors (Lipinski definition) is 3. The third-order valence-electron chi connectivity index (χ3n) is 4.47. The molecule has 1 atom stereocenters. The number of likely N-dealkylation sites (tertiary alicyclic amines) is 1. The number of amides is 1. The quantitative estimate of drug-likeness (QED) is 0.868. The van der Waals surface area contributed by atoms with Gasteiger partial charge in [-0.15, -0.1) is 0 Å². The van der Waals surface area contributed by atoms with Crippen LogP contribution in [-0.2, 0) is 11.2 Å². The maximum atomic E-state index is 13.6. The number of aliphatic hydroxyl groups is 1. The number of hydrogen-bond donors (Lipinski definition) is 2. The summed E-state index contributed by atoms with van der Waals surface area (Å²) in [7, 11) is 0. The van der Waals surface area contributed by atoms with Gasteiger partial charge in [-0.1, -0.05) is 6.07 Å². The van der Waals surface area contributed by atoms with Crippen LogP contribution < -0.4 is 5.73 Å². The van der Waals surface area contributed by atoms with Crippen LogP contribution in [-0.4, -0.2) is 41.1 Å². The van der Waals surface area contributed by atoms with Crippen molar-refractivity contribution in [1.82, 2.24) is 4.90 Å². The normalized spacial score (nSPS) is 21.8. The van der Waals surface area contributed by atoms with Crippen LogP contribution in [0.4, 0.5) is 8.78 Å². The van der Waals surface area contributed by atoms with E-state index in [1.807, 2.05) is 0 Å². The molecular formula is C15H18F2N2O2. The van der Waals surface area contributed by atoms with Crippen LogP contribution in [0.1, 0.15) is 18.4 Å².